The standard InChI is InChI=1S/C13H11N3O4/c1-16-8-3-2-7(11(16)6(4-14)5-15)9(12(17)18)10(8)13(19)20/h2-3,7-10H,1H3,(H,17,18)(H,19,20)/t7-,8+,9+,10-/m1/s1. The normalized spacial score (nSPS) is 30.6. The van der Waals surface area contributed by atoms with Crippen LogP contribution in [-0.2, 0) is 9.59 Å². The molecule has 1 saturated heterocycles. The van der Waals surface area contributed by atoms with Gasteiger partial charge in [0.05, 0.1) is 23.6 Å². The second-order valence-corrected chi connectivity index (χ2v) is 4.72. The molecule has 0 spiro atoms. The maximum atomic E-state index is 11.4. The third-order valence-corrected chi connectivity index (χ3v) is 3.85. The van der Waals surface area contributed by atoms with Crippen molar-refractivity contribution in [2.24, 2.45) is 17.8 Å². The number of piperidine rings is 1. The molecule has 7 heteroatoms. The lowest BCUT2D eigenvalue weighted by Gasteiger charge is -2.49. The van der Waals surface area contributed by atoms with Gasteiger partial charge in [0, 0.05) is 13.0 Å². The van der Waals surface area contributed by atoms with E-state index in [4.69, 9.17) is 10.5 Å². The number of rotatable bonds is 2. The summed E-state index contributed by atoms with van der Waals surface area (Å²) in [6, 6.07) is 2.81. The highest BCUT2D eigenvalue weighted by molar-refractivity contribution is 5.83. The fraction of sp³-hybridized carbons (Fsp3) is 0.385. The molecule has 0 aromatic rings. The van der Waals surface area contributed by atoms with E-state index in [2.05, 4.69) is 0 Å². The minimum Gasteiger partial charge on any atom is -0.481 e. The van der Waals surface area contributed by atoms with Crippen LogP contribution in [0.25, 0.3) is 0 Å². The summed E-state index contributed by atoms with van der Waals surface area (Å²) >= 11 is 0. The van der Waals surface area contributed by atoms with Crippen molar-refractivity contribution in [1.29, 1.82) is 10.5 Å². The molecule has 2 aliphatic heterocycles. The third kappa shape index (κ3) is 1.72. The lowest BCUT2D eigenvalue weighted by Crippen LogP contribution is -2.57. The molecule has 2 N–H and O–H groups in total. The van der Waals surface area contributed by atoms with Crippen molar-refractivity contribution < 1.29 is 19.8 Å². The maximum Gasteiger partial charge on any atom is 0.309 e. The molecule has 0 saturated carbocycles. The number of carboxylic acids is 2. The summed E-state index contributed by atoms with van der Waals surface area (Å²) in [5.41, 5.74) is 0.106. The molecule has 0 amide bonds. The predicted molar refractivity (Wildman–Crippen MR) is 64.7 cm³/mol. The lowest BCUT2D eigenvalue weighted by molar-refractivity contribution is -0.160. The zero-order valence-corrected chi connectivity index (χ0v) is 10.5. The molecule has 2 bridgehead atoms. The number of hydrogen-bond acceptors (Lipinski definition) is 5. The van der Waals surface area contributed by atoms with Crippen LogP contribution in [0.1, 0.15) is 0 Å². The van der Waals surface area contributed by atoms with E-state index in [1.165, 1.54) is 4.90 Å². The van der Waals surface area contributed by atoms with E-state index < -0.39 is 35.7 Å². The number of carboxylic acid groups (broad SMARTS) is 2. The summed E-state index contributed by atoms with van der Waals surface area (Å²) in [7, 11) is 1.57. The lowest BCUT2D eigenvalue weighted by atomic mass is 9.67. The molecule has 0 unspecified atom stereocenters. The van der Waals surface area contributed by atoms with Crippen LogP contribution in [0.3, 0.4) is 0 Å². The first kappa shape index (κ1) is 13.6. The molecule has 102 valence electrons. The molecule has 3 rings (SSSR count). The number of nitrogens with zero attached hydrogens (tertiary/aromatic N) is 3. The Morgan fingerprint density at radius 1 is 1.15 bits per heavy atom. The largest absolute Gasteiger partial charge is 0.481 e. The van der Waals surface area contributed by atoms with Crippen molar-refractivity contribution >= 4 is 11.9 Å². The van der Waals surface area contributed by atoms with E-state index >= 15 is 0 Å². The van der Waals surface area contributed by atoms with E-state index in [-0.39, 0.29) is 11.3 Å². The summed E-state index contributed by atoms with van der Waals surface area (Å²) < 4.78 is 0. The molecule has 0 radical (unpaired) electrons. The minimum atomic E-state index is -1.24. The monoisotopic (exact) mass is 273 g/mol. The predicted octanol–water partition coefficient (Wildman–Crippen LogP) is 0.189. The van der Waals surface area contributed by atoms with Gasteiger partial charge in [0.25, 0.3) is 0 Å². The van der Waals surface area contributed by atoms with Gasteiger partial charge in [0.1, 0.15) is 17.7 Å². The molecule has 7 nitrogen and oxygen atoms in total. The van der Waals surface area contributed by atoms with Crippen molar-refractivity contribution in [2.45, 2.75) is 6.04 Å². The van der Waals surface area contributed by atoms with Crippen LogP contribution < -0.4 is 0 Å². The van der Waals surface area contributed by atoms with E-state index in [1.807, 2.05) is 0 Å². The molecular formula is C13H11N3O4. The Labute approximate surface area is 114 Å². The smallest absolute Gasteiger partial charge is 0.309 e. The van der Waals surface area contributed by atoms with Gasteiger partial charge in [-0.15, -0.1) is 0 Å². The fourth-order valence-electron chi connectivity index (χ4n) is 3.03. The maximum absolute atomic E-state index is 11.4. The fourth-order valence-corrected chi connectivity index (χ4v) is 3.03. The molecule has 1 fully saturated rings. The van der Waals surface area contributed by atoms with Crippen LogP contribution in [0.15, 0.2) is 23.4 Å². The van der Waals surface area contributed by atoms with Gasteiger partial charge in [0.15, 0.2) is 0 Å². The van der Waals surface area contributed by atoms with Crippen LogP contribution in [0.4, 0.5) is 0 Å². The van der Waals surface area contributed by atoms with E-state index in [0.29, 0.717) is 0 Å². The number of allylic oxidation sites excluding steroid dienone is 2. The highest BCUT2D eigenvalue weighted by Gasteiger charge is 2.53. The third-order valence-electron chi connectivity index (χ3n) is 3.85. The van der Waals surface area contributed by atoms with Gasteiger partial charge in [-0.3, -0.25) is 9.59 Å². The van der Waals surface area contributed by atoms with E-state index in [0.717, 1.165) is 0 Å². The van der Waals surface area contributed by atoms with Crippen LogP contribution in [-0.4, -0.2) is 40.1 Å². The Morgan fingerprint density at radius 2 is 1.70 bits per heavy atom. The molecule has 4 atom stereocenters. The first-order chi connectivity index (χ1) is 9.43. The average molecular weight is 273 g/mol. The van der Waals surface area contributed by atoms with Crippen molar-refractivity contribution in [3.8, 4) is 12.1 Å². The first-order valence-corrected chi connectivity index (χ1v) is 5.85. The number of carbonyl (C=O) groups is 2. The summed E-state index contributed by atoms with van der Waals surface area (Å²) in [6.07, 6.45) is 3.20. The van der Waals surface area contributed by atoms with Gasteiger partial charge in [-0.25, -0.2) is 0 Å². The molecule has 0 aromatic carbocycles. The van der Waals surface area contributed by atoms with E-state index in [9.17, 15) is 19.8 Å². The SMILES string of the molecule is CN1C(=C(C#N)C#N)[C@@H]2C=C[C@H]1[C@@H](C(=O)O)[C@H]2C(=O)O. The van der Waals surface area contributed by atoms with Crippen LogP contribution >= 0.6 is 0 Å². The Bertz CT molecular complexity index is 607. The number of nitriles is 2. The number of fused-ring (bicyclic) bond motifs is 2. The van der Waals surface area contributed by atoms with Crippen LogP contribution in [0.2, 0.25) is 0 Å². The number of likely N-dealkylation sites (N-methyl/N-ethyl adjacent to an activating group) is 1. The Kier molecular flexibility index (Phi) is 3.21. The molecule has 3 aliphatic rings. The van der Waals surface area contributed by atoms with Crippen molar-refractivity contribution in [1.82, 2.24) is 4.90 Å². The summed E-state index contributed by atoms with van der Waals surface area (Å²) in [5.74, 6) is -5.49. The Balaban J connectivity index is 2.64. The average Bonchev–Trinajstić information content (AvgIpc) is 2.41. The zero-order chi connectivity index (χ0) is 15.0. The van der Waals surface area contributed by atoms with Crippen LogP contribution in [0.5, 0.6) is 0 Å². The highest BCUT2D eigenvalue weighted by atomic mass is 16.4. The van der Waals surface area contributed by atoms with Gasteiger partial charge in [0.2, 0.25) is 0 Å². The quantitative estimate of drug-likeness (QED) is 0.543. The van der Waals surface area contributed by atoms with Gasteiger partial charge >= 0.3 is 11.9 Å². The van der Waals surface area contributed by atoms with Crippen LogP contribution in [0, 0.1) is 40.4 Å². The van der Waals surface area contributed by atoms with E-state index in [1.54, 1.807) is 31.3 Å². The van der Waals surface area contributed by atoms with Crippen molar-refractivity contribution in [3.63, 3.8) is 0 Å². The van der Waals surface area contributed by atoms with Gasteiger partial charge < -0.3 is 15.1 Å². The van der Waals surface area contributed by atoms with Crippen molar-refractivity contribution in [2.75, 3.05) is 7.05 Å². The second-order valence-electron chi connectivity index (χ2n) is 4.72. The zero-order valence-electron chi connectivity index (χ0n) is 10.5. The second kappa shape index (κ2) is 4.71. The Hall–Kier alpha value is -2.80. The number of hydrogen-bond donors (Lipinski definition) is 2. The molecule has 1 aliphatic carbocycles. The first-order valence-electron chi connectivity index (χ1n) is 5.85. The summed E-state index contributed by atoms with van der Waals surface area (Å²) in [6.45, 7) is 0. The number of aliphatic carboxylic acids is 2. The molecular weight excluding hydrogens is 262 g/mol. The minimum absolute atomic E-state index is 0.179. The van der Waals surface area contributed by atoms with Gasteiger partial charge in [-0.1, -0.05) is 12.2 Å². The van der Waals surface area contributed by atoms with Gasteiger partial charge in [-0.2, -0.15) is 10.5 Å². The summed E-state index contributed by atoms with van der Waals surface area (Å²) in [4.78, 5) is 24.3. The molecule has 20 heavy (non-hydrogen) atoms. The molecule has 0 aromatic heterocycles. The highest BCUT2D eigenvalue weighted by Crippen LogP contribution is 2.45. The topological polar surface area (TPSA) is 125 Å². The van der Waals surface area contributed by atoms with Crippen molar-refractivity contribution in [3.05, 3.63) is 23.4 Å². The Morgan fingerprint density at radius 3 is 2.15 bits per heavy atom. The molecule has 2 heterocycles. The summed E-state index contributed by atoms with van der Waals surface area (Å²) in [5, 5.41) is 36.5. The van der Waals surface area contributed by atoms with Gasteiger partial charge in [-0.05, 0) is 0 Å².